The van der Waals surface area contributed by atoms with Crippen molar-refractivity contribution in [1.82, 2.24) is 10.2 Å². The van der Waals surface area contributed by atoms with Crippen LogP contribution in [0.5, 0.6) is 17.2 Å². The molecule has 2 N–H and O–H groups in total. The minimum absolute atomic E-state index is 0.157. The van der Waals surface area contributed by atoms with Gasteiger partial charge in [0.1, 0.15) is 29.5 Å². The maximum atomic E-state index is 13.0. The van der Waals surface area contributed by atoms with Crippen molar-refractivity contribution in [2.45, 2.75) is 17.8 Å². The number of rotatable bonds is 10. The fourth-order valence-electron chi connectivity index (χ4n) is 4.50. The van der Waals surface area contributed by atoms with Crippen molar-refractivity contribution in [2.75, 3.05) is 12.4 Å². The Bertz CT molecular complexity index is 1680. The van der Waals surface area contributed by atoms with Crippen LogP contribution in [0.4, 0.5) is 5.69 Å². The first kappa shape index (κ1) is 30.5. The Kier molecular flexibility index (Phi) is 9.02. The lowest BCUT2D eigenvalue weighted by atomic mass is 10.0. The van der Waals surface area contributed by atoms with Crippen LogP contribution in [0, 0.1) is 10.1 Å². The van der Waals surface area contributed by atoms with Gasteiger partial charge < -0.3 is 19.9 Å². The van der Waals surface area contributed by atoms with Crippen LogP contribution < -0.4 is 14.8 Å². The topological polar surface area (TPSA) is 148 Å². The van der Waals surface area contributed by atoms with Crippen molar-refractivity contribution in [2.24, 2.45) is 0 Å². The van der Waals surface area contributed by atoms with Crippen molar-refractivity contribution in [3.8, 4) is 17.2 Å². The summed E-state index contributed by atoms with van der Waals surface area (Å²) in [7, 11) is 0. The number of nitrogens with one attached hydrogen (secondary N) is 1. The quantitative estimate of drug-likeness (QED) is 0.158. The second kappa shape index (κ2) is 12.7. The van der Waals surface area contributed by atoms with Gasteiger partial charge in [-0.2, -0.15) is 0 Å². The van der Waals surface area contributed by atoms with Gasteiger partial charge in [0.2, 0.25) is 5.91 Å². The Hall–Kier alpha value is -3.97. The zero-order valence-electron chi connectivity index (χ0n) is 21.8. The molecule has 15 heteroatoms. The number of aliphatic carboxylic acids is 1. The molecular weight excluding hydrogens is 645 g/mol. The standard InChI is InChI=1S/C28H20Cl3N3O8S/c29-16-4-6-20(19(31)10-16)42-21-7-5-17(30)11-22(21)41-12-15-13-43-27-24(26(36)33(27)25(15)28(37)38)32-23(35)9-14-2-1-3-18(8-14)34(39)40/h1-8,10-11,24,27H,9,12-13H2,(H,32,35)(H,37,38)/t24?,27-/m0/s1. The minimum atomic E-state index is -1.32. The van der Waals surface area contributed by atoms with Crippen molar-refractivity contribution in [3.63, 3.8) is 0 Å². The van der Waals surface area contributed by atoms with Crippen LogP contribution in [0.15, 0.2) is 71.9 Å². The van der Waals surface area contributed by atoms with Crippen molar-refractivity contribution < 1.29 is 33.9 Å². The molecule has 2 atom stereocenters. The van der Waals surface area contributed by atoms with E-state index >= 15 is 0 Å². The fraction of sp³-hybridized carbons (Fsp3) is 0.179. The average molecular weight is 665 g/mol. The van der Waals surface area contributed by atoms with Crippen molar-refractivity contribution >= 4 is 70.0 Å². The molecule has 43 heavy (non-hydrogen) atoms. The van der Waals surface area contributed by atoms with Crippen molar-refractivity contribution in [1.29, 1.82) is 0 Å². The summed E-state index contributed by atoms with van der Waals surface area (Å²) in [6.45, 7) is -0.194. The number of nitro benzene ring substituents is 1. The van der Waals surface area contributed by atoms with E-state index in [4.69, 9.17) is 44.3 Å². The number of carboxylic acids is 1. The number of carbonyl (C=O) groups excluding carboxylic acids is 2. The maximum Gasteiger partial charge on any atom is 0.352 e. The highest BCUT2D eigenvalue weighted by atomic mass is 35.5. The largest absolute Gasteiger partial charge is 0.485 e. The Labute approximate surface area is 263 Å². The number of benzene rings is 3. The lowest BCUT2D eigenvalue weighted by molar-refractivity contribution is -0.384. The van der Waals surface area contributed by atoms with Crippen LogP contribution in [-0.4, -0.2) is 56.5 Å². The Balaban J connectivity index is 1.28. The molecule has 2 amide bonds. The summed E-state index contributed by atoms with van der Waals surface area (Å²) < 4.78 is 11.8. The lowest BCUT2D eigenvalue weighted by Gasteiger charge is -2.49. The highest BCUT2D eigenvalue weighted by Gasteiger charge is 2.54. The summed E-state index contributed by atoms with van der Waals surface area (Å²) >= 11 is 19.6. The smallest absolute Gasteiger partial charge is 0.352 e. The van der Waals surface area contributed by atoms with E-state index in [0.29, 0.717) is 26.9 Å². The zero-order chi connectivity index (χ0) is 30.8. The number of non-ortho nitro benzene ring substituents is 1. The number of hydrogen-bond acceptors (Lipinski definition) is 8. The van der Waals surface area contributed by atoms with Crippen LogP contribution in [0.25, 0.3) is 0 Å². The predicted octanol–water partition coefficient (Wildman–Crippen LogP) is 5.71. The molecular formula is C28H20Cl3N3O8S. The third-order valence-corrected chi connectivity index (χ3v) is 8.58. The third-order valence-electron chi connectivity index (χ3n) is 6.47. The van der Waals surface area contributed by atoms with Crippen LogP contribution >= 0.6 is 46.6 Å². The molecule has 1 fully saturated rings. The van der Waals surface area contributed by atoms with E-state index in [1.54, 1.807) is 30.3 Å². The highest BCUT2D eigenvalue weighted by Crippen LogP contribution is 2.42. The molecule has 3 aromatic rings. The summed E-state index contributed by atoms with van der Waals surface area (Å²) in [5, 5.41) is 24.0. The van der Waals surface area contributed by atoms with Gasteiger partial charge in [-0.3, -0.25) is 24.6 Å². The first-order chi connectivity index (χ1) is 20.5. The molecule has 2 aliphatic rings. The zero-order valence-corrected chi connectivity index (χ0v) is 24.9. The van der Waals surface area contributed by atoms with Crippen LogP contribution in [0.3, 0.4) is 0 Å². The molecule has 0 bridgehead atoms. The number of fused-ring (bicyclic) bond motifs is 1. The van der Waals surface area contributed by atoms with E-state index in [0.717, 1.165) is 4.90 Å². The second-order valence-corrected chi connectivity index (χ2v) is 11.8. The first-order valence-electron chi connectivity index (χ1n) is 12.5. The molecule has 0 spiro atoms. The van der Waals surface area contributed by atoms with Gasteiger partial charge in [0.25, 0.3) is 11.6 Å². The Morgan fingerprint density at radius 2 is 1.77 bits per heavy atom. The van der Waals surface area contributed by atoms with E-state index in [1.807, 2.05) is 0 Å². The number of halogens is 3. The maximum absolute atomic E-state index is 13.0. The van der Waals surface area contributed by atoms with Gasteiger partial charge >= 0.3 is 5.97 Å². The van der Waals surface area contributed by atoms with Crippen LogP contribution in [-0.2, 0) is 20.8 Å². The lowest BCUT2D eigenvalue weighted by Crippen LogP contribution is -2.70. The molecule has 1 saturated heterocycles. The molecule has 0 aliphatic carbocycles. The molecule has 222 valence electrons. The molecule has 0 saturated carbocycles. The third kappa shape index (κ3) is 6.67. The van der Waals surface area contributed by atoms with E-state index < -0.39 is 34.1 Å². The molecule has 0 radical (unpaired) electrons. The van der Waals surface area contributed by atoms with Gasteiger partial charge in [-0.15, -0.1) is 11.8 Å². The molecule has 11 nitrogen and oxygen atoms in total. The minimum Gasteiger partial charge on any atom is -0.485 e. The number of carboxylic acid groups (broad SMARTS) is 1. The Morgan fingerprint density at radius 1 is 1.05 bits per heavy atom. The summed E-state index contributed by atoms with van der Waals surface area (Å²) in [6, 6.07) is 14.0. The van der Waals surface area contributed by atoms with Gasteiger partial charge in [0.15, 0.2) is 11.5 Å². The van der Waals surface area contributed by atoms with Gasteiger partial charge in [0, 0.05) is 39.6 Å². The van der Waals surface area contributed by atoms with E-state index in [1.165, 1.54) is 42.1 Å². The van der Waals surface area contributed by atoms with Crippen LogP contribution in [0.1, 0.15) is 5.56 Å². The molecule has 2 aliphatic heterocycles. The molecule has 1 unspecified atom stereocenters. The summed E-state index contributed by atoms with van der Waals surface area (Å²) in [4.78, 5) is 49.5. The number of nitro groups is 1. The summed E-state index contributed by atoms with van der Waals surface area (Å²) in [6.07, 6.45) is -0.186. The van der Waals surface area contributed by atoms with Gasteiger partial charge in [-0.05, 0) is 35.9 Å². The van der Waals surface area contributed by atoms with E-state index in [2.05, 4.69) is 5.32 Å². The second-order valence-electron chi connectivity index (χ2n) is 9.37. The van der Waals surface area contributed by atoms with Gasteiger partial charge in [-0.1, -0.05) is 46.9 Å². The average Bonchev–Trinajstić information content (AvgIpc) is 2.96. The summed E-state index contributed by atoms with van der Waals surface area (Å²) in [5.74, 6) is -1.46. The van der Waals surface area contributed by atoms with Crippen LogP contribution in [0.2, 0.25) is 15.1 Å². The highest BCUT2D eigenvalue weighted by molar-refractivity contribution is 8.00. The predicted molar refractivity (Wildman–Crippen MR) is 160 cm³/mol. The number of nitrogens with zero attached hydrogens (tertiary/aromatic N) is 2. The number of carbonyl (C=O) groups is 3. The number of ether oxygens (including phenoxy) is 2. The van der Waals surface area contributed by atoms with Gasteiger partial charge in [0.05, 0.1) is 16.4 Å². The fourth-order valence-corrected chi connectivity index (χ4v) is 6.44. The monoisotopic (exact) mass is 663 g/mol. The number of amides is 2. The molecule has 0 aromatic heterocycles. The summed E-state index contributed by atoms with van der Waals surface area (Å²) in [5.41, 5.74) is 0.345. The number of thioether (sulfide) groups is 1. The van der Waals surface area contributed by atoms with Crippen molar-refractivity contribution in [3.05, 3.63) is 103 Å². The van der Waals surface area contributed by atoms with E-state index in [9.17, 15) is 29.6 Å². The number of β-lactam (4-membered cyclic amide) rings is 1. The SMILES string of the molecule is O=C(Cc1cccc([N+](=O)[O-])c1)NC1C(=O)N2C(C(=O)O)=C(COc3cc(Cl)ccc3Oc3ccc(Cl)cc3Cl)CS[C@@H]12. The molecule has 3 aromatic carbocycles. The van der Waals surface area contributed by atoms with E-state index in [-0.39, 0.29) is 46.7 Å². The first-order valence-corrected chi connectivity index (χ1v) is 14.7. The number of hydrogen-bond donors (Lipinski definition) is 2. The Morgan fingerprint density at radius 3 is 2.47 bits per heavy atom. The normalized spacial score (nSPS) is 17.6. The van der Waals surface area contributed by atoms with Gasteiger partial charge in [-0.25, -0.2) is 4.79 Å². The molecule has 2 heterocycles. The molecule has 5 rings (SSSR count).